The van der Waals surface area contributed by atoms with Crippen LogP contribution in [0.2, 0.25) is 0 Å². The van der Waals surface area contributed by atoms with Gasteiger partial charge in [0.05, 0.1) is 5.92 Å². The number of nitrogens with two attached hydrogens (primary N) is 1. The topological polar surface area (TPSA) is 72.5 Å². The van der Waals surface area contributed by atoms with E-state index in [-0.39, 0.29) is 12.0 Å². The van der Waals surface area contributed by atoms with Gasteiger partial charge >= 0.3 is 0 Å². The molecule has 1 aliphatic rings. The SMILES string of the molecule is N[C@@H]1C[C@H]1C(=O)N=O. The molecule has 0 heterocycles. The second-order valence-electron chi connectivity index (χ2n) is 1.94. The van der Waals surface area contributed by atoms with E-state index < -0.39 is 5.91 Å². The summed E-state index contributed by atoms with van der Waals surface area (Å²) in [5, 5.41) is 2.23. The molecule has 1 rings (SSSR count). The second kappa shape index (κ2) is 1.63. The Bertz CT molecular complexity index is 134. The molecule has 0 spiro atoms. The monoisotopic (exact) mass is 114 g/mol. The van der Waals surface area contributed by atoms with Crippen molar-refractivity contribution in [1.29, 1.82) is 0 Å². The molecule has 1 amide bonds. The average molecular weight is 114 g/mol. The summed E-state index contributed by atoms with van der Waals surface area (Å²) in [4.78, 5) is 19.7. The first-order chi connectivity index (χ1) is 3.75. The third-order valence-electron chi connectivity index (χ3n) is 1.25. The fourth-order valence-corrected chi connectivity index (χ4v) is 0.566. The van der Waals surface area contributed by atoms with Gasteiger partial charge in [-0.15, -0.1) is 4.91 Å². The first-order valence-electron chi connectivity index (χ1n) is 2.38. The molecule has 4 heteroatoms. The van der Waals surface area contributed by atoms with Gasteiger partial charge in [0.1, 0.15) is 0 Å². The van der Waals surface area contributed by atoms with Crippen LogP contribution in [0.25, 0.3) is 0 Å². The number of rotatable bonds is 1. The maximum absolute atomic E-state index is 10.2. The van der Waals surface area contributed by atoms with Gasteiger partial charge in [0.15, 0.2) is 0 Å². The van der Waals surface area contributed by atoms with Crippen LogP contribution in [0.5, 0.6) is 0 Å². The van der Waals surface area contributed by atoms with Crippen molar-refractivity contribution < 1.29 is 4.79 Å². The van der Waals surface area contributed by atoms with Crippen molar-refractivity contribution in [3.8, 4) is 0 Å². The highest BCUT2D eigenvalue weighted by Gasteiger charge is 2.40. The van der Waals surface area contributed by atoms with Crippen molar-refractivity contribution in [2.75, 3.05) is 0 Å². The number of carbonyl (C=O) groups is 1. The van der Waals surface area contributed by atoms with Crippen LogP contribution in [0.3, 0.4) is 0 Å². The molecule has 0 aromatic rings. The highest BCUT2D eigenvalue weighted by molar-refractivity contribution is 5.82. The number of hydrogen-bond donors (Lipinski definition) is 1. The van der Waals surface area contributed by atoms with Crippen LogP contribution < -0.4 is 5.73 Å². The van der Waals surface area contributed by atoms with Gasteiger partial charge < -0.3 is 5.73 Å². The molecule has 1 aliphatic carbocycles. The normalized spacial score (nSPS) is 34.1. The molecular formula is C4H6N2O2. The van der Waals surface area contributed by atoms with Crippen molar-refractivity contribution in [3.05, 3.63) is 4.91 Å². The van der Waals surface area contributed by atoms with Crippen molar-refractivity contribution in [2.24, 2.45) is 16.8 Å². The zero-order valence-electron chi connectivity index (χ0n) is 4.20. The lowest BCUT2D eigenvalue weighted by Crippen LogP contribution is -2.07. The maximum Gasteiger partial charge on any atom is 0.291 e. The maximum atomic E-state index is 10.2. The predicted octanol–water partition coefficient (Wildman–Crippen LogP) is -0.373. The molecule has 2 atom stereocenters. The summed E-state index contributed by atoms with van der Waals surface area (Å²) in [6.45, 7) is 0. The third-order valence-corrected chi connectivity index (χ3v) is 1.25. The van der Waals surface area contributed by atoms with E-state index in [9.17, 15) is 9.70 Å². The third kappa shape index (κ3) is 0.742. The standard InChI is InChI=1S/C4H6N2O2/c5-3-1-2(3)4(7)6-8/h2-3H,1,5H2/t2-,3-/m1/s1. The average Bonchev–Trinajstić information content (AvgIpc) is 2.45. The Morgan fingerprint density at radius 3 is 2.38 bits per heavy atom. The van der Waals surface area contributed by atoms with Gasteiger partial charge in [-0.05, 0) is 6.42 Å². The van der Waals surface area contributed by atoms with E-state index in [2.05, 4.69) is 5.18 Å². The Balaban J connectivity index is 2.39. The molecule has 0 bridgehead atoms. The zero-order valence-corrected chi connectivity index (χ0v) is 4.20. The van der Waals surface area contributed by atoms with Crippen molar-refractivity contribution in [2.45, 2.75) is 12.5 Å². The summed E-state index contributed by atoms with van der Waals surface area (Å²) in [5.74, 6) is -0.856. The largest absolute Gasteiger partial charge is 0.327 e. The van der Waals surface area contributed by atoms with E-state index in [0.717, 1.165) is 0 Å². The Morgan fingerprint density at radius 2 is 2.25 bits per heavy atom. The molecule has 1 fully saturated rings. The van der Waals surface area contributed by atoms with E-state index >= 15 is 0 Å². The van der Waals surface area contributed by atoms with Crippen molar-refractivity contribution >= 4 is 5.91 Å². The van der Waals surface area contributed by atoms with E-state index in [4.69, 9.17) is 5.73 Å². The quantitative estimate of drug-likeness (QED) is 0.472. The van der Waals surface area contributed by atoms with Gasteiger partial charge in [-0.25, -0.2) is 0 Å². The summed E-state index contributed by atoms with van der Waals surface area (Å²) >= 11 is 0. The fraction of sp³-hybridized carbons (Fsp3) is 0.750. The van der Waals surface area contributed by atoms with E-state index in [0.29, 0.717) is 6.42 Å². The molecule has 2 N–H and O–H groups in total. The Labute approximate surface area is 46.0 Å². The van der Waals surface area contributed by atoms with Crippen LogP contribution in [0.4, 0.5) is 0 Å². The minimum absolute atomic E-state index is 0.0970. The molecule has 4 nitrogen and oxygen atoms in total. The van der Waals surface area contributed by atoms with Gasteiger partial charge in [-0.1, -0.05) is 0 Å². The number of nitrogens with zero attached hydrogens (tertiary/aromatic N) is 1. The minimum Gasteiger partial charge on any atom is -0.327 e. The molecular weight excluding hydrogens is 108 g/mol. The first-order valence-corrected chi connectivity index (χ1v) is 2.38. The Morgan fingerprint density at radius 1 is 1.75 bits per heavy atom. The van der Waals surface area contributed by atoms with Crippen LogP contribution in [0, 0.1) is 10.8 Å². The number of carbonyl (C=O) groups excluding carboxylic acids is 1. The van der Waals surface area contributed by atoms with Crippen LogP contribution in [0.15, 0.2) is 5.18 Å². The van der Waals surface area contributed by atoms with Gasteiger partial charge in [0.25, 0.3) is 5.91 Å². The minimum atomic E-state index is -0.600. The number of nitroso groups, excluding NO2 is 1. The summed E-state index contributed by atoms with van der Waals surface area (Å²) < 4.78 is 0. The second-order valence-corrected chi connectivity index (χ2v) is 1.94. The summed E-state index contributed by atoms with van der Waals surface area (Å²) in [7, 11) is 0. The molecule has 0 aliphatic heterocycles. The Hall–Kier alpha value is -0.770. The highest BCUT2D eigenvalue weighted by atomic mass is 16.3. The Kier molecular flexibility index (Phi) is 1.09. The zero-order chi connectivity index (χ0) is 6.15. The van der Waals surface area contributed by atoms with Crippen LogP contribution in [0.1, 0.15) is 6.42 Å². The molecule has 0 unspecified atom stereocenters. The predicted molar refractivity (Wildman–Crippen MR) is 26.9 cm³/mol. The van der Waals surface area contributed by atoms with Crippen LogP contribution in [-0.4, -0.2) is 11.9 Å². The summed E-state index contributed by atoms with van der Waals surface area (Å²) in [6, 6.07) is -0.0970. The van der Waals surface area contributed by atoms with Crippen LogP contribution in [-0.2, 0) is 4.79 Å². The molecule has 0 aromatic carbocycles. The molecule has 0 aromatic heterocycles. The lowest BCUT2D eigenvalue weighted by Gasteiger charge is -1.78. The van der Waals surface area contributed by atoms with Crippen LogP contribution >= 0.6 is 0 Å². The van der Waals surface area contributed by atoms with Gasteiger partial charge in [-0.2, -0.15) is 0 Å². The van der Waals surface area contributed by atoms with E-state index in [1.54, 1.807) is 0 Å². The molecule has 44 valence electrons. The lowest BCUT2D eigenvalue weighted by molar-refractivity contribution is -0.119. The smallest absolute Gasteiger partial charge is 0.291 e. The molecule has 0 radical (unpaired) electrons. The summed E-state index contributed by atoms with van der Waals surface area (Å²) in [5.41, 5.74) is 5.22. The van der Waals surface area contributed by atoms with Crippen molar-refractivity contribution in [3.63, 3.8) is 0 Å². The van der Waals surface area contributed by atoms with Gasteiger partial charge in [0, 0.05) is 11.2 Å². The lowest BCUT2D eigenvalue weighted by atomic mass is 10.4. The summed E-state index contributed by atoms with van der Waals surface area (Å²) in [6.07, 6.45) is 0.630. The van der Waals surface area contributed by atoms with Gasteiger partial charge in [-0.3, -0.25) is 4.79 Å². The fourth-order valence-electron chi connectivity index (χ4n) is 0.566. The van der Waals surface area contributed by atoms with Crippen molar-refractivity contribution in [1.82, 2.24) is 0 Å². The molecule has 1 saturated carbocycles. The molecule has 0 saturated heterocycles. The highest BCUT2D eigenvalue weighted by Crippen LogP contribution is 2.28. The number of amides is 1. The molecule has 8 heavy (non-hydrogen) atoms. The van der Waals surface area contributed by atoms with E-state index in [1.165, 1.54) is 0 Å². The number of hydrogen-bond acceptors (Lipinski definition) is 3. The van der Waals surface area contributed by atoms with E-state index in [1.807, 2.05) is 0 Å². The first kappa shape index (κ1) is 5.37. The van der Waals surface area contributed by atoms with Gasteiger partial charge in [0.2, 0.25) is 0 Å².